The minimum atomic E-state index is -1.01. The van der Waals surface area contributed by atoms with Crippen LogP contribution in [0.4, 0.5) is 4.39 Å². The Kier molecular flexibility index (Phi) is 2.82. The number of carbonyl (C=O) groups excluding carboxylic acids is 1. The molecule has 1 aliphatic heterocycles. The number of esters is 1. The van der Waals surface area contributed by atoms with Gasteiger partial charge in [-0.2, -0.15) is 0 Å². The highest BCUT2D eigenvalue weighted by atomic mass is 19.1. The molecule has 0 aromatic carbocycles. The molecule has 0 unspecified atom stereocenters. The smallest absolute Gasteiger partial charge is 0.305 e. The van der Waals surface area contributed by atoms with Gasteiger partial charge in [0.15, 0.2) is 0 Å². The summed E-state index contributed by atoms with van der Waals surface area (Å²) in [5, 5.41) is 0. The SMILES string of the molecule is COC(=O)C[C@@H]1COC[C@H]1F. The lowest BCUT2D eigenvalue weighted by Gasteiger charge is -2.07. The maximum Gasteiger partial charge on any atom is 0.305 e. The van der Waals surface area contributed by atoms with E-state index in [1.807, 2.05) is 0 Å². The van der Waals surface area contributed by atoms with Crippen molar-refractivity contribution in [2.24, 2.45) is 5.92 Å². The molecule has 0 bridgehead atoms. The summed E-state index contributed by atoms with van der Waals surface area (Å²) in [6.45, 7) is 0.442. The highest BCUT2D eigenvalue weighted by molar-refractivity contribution is 5.69. The lowest BCUT2D eigenvalue weighted by molar-refractivity contribution is -0.142. The fourth-order valence-corrected chi connectivity index (χ4v) is 1.06. The molecule has 0 spiro atoms. The van der Waals surface area contributed by atoms with Crippen LogP contribution in [0.5, 0.6) is 0 Å². The molecule has 0 radical (unpaired) electrons. The molecule has 1 aliphatic rings. The van der Waals surface area contributed by atoms with Crippen LogP contribution in [0.25, 0.3) is 0 Å². The molecule has 3 nitrogen and oxygen atoms in total. The zero-order chi connectivity index (χ0) is 8.27. The summed E-state index contributed by atoms with van der Waals surface area (Å²) < 4.78 is 22.0. The van der Waals surface area contributed by atoms with Crippen LogP contribution >= 0.6 is 0 Å². The van der Waals surface area contributed by atoms with Crippen molar-refractivity contribution >= 4 is 5.97 Å². The summed E-state index contributed by atoms with van der Waals surface area (Å²) in [5.74, 6) is -0.675. The molecular formula is C7H11FO3. The molecule has 64 valence electrons. The van der Waals surface area contributed by atoms with E-state index in [9.17, 15) is 9.18 Å². The number of ether oxygens (including phenoxy) is 2. The van der Waals surface area contributed by atoms with E-state index in [4.69, 9.17) is 4.74 Å². The van der Waals surface area contributed by atoms with Crippen LogP contribution < -0.4 is 0 Å². The highest BCUT2D eigenvalue weighted by Gasteiger charge is 2.30. The van der Waals surface area contributed by atoms with Crippen molar-refractivity contribution in [1.82, 2.24) is 0 Å². The Labute approximate surface area is 64.5 Å². The fourth-order valence-electron chi connectivity index (χ4n) is 1.06. The normalized spacial score (nSPS) is 30.4. The quantitative estimate of drug-likeness (QED) is 0.556. The molecule has 0 saturated carbocycles. The molecule has 1 saturated heterocycles. The van der Waals surface area contributed by atoms with Crippen LogP contribution in [0.3, 0.4) is 0 Å². The summed E-state index contributed by atoms with van der Waals surface area (Å²) in [6, 6.07) is 0. The third-order valence-electron chi connectivity index (χ3n) is 1.78. The second-order valence-electron chi connectivity index (χ2n) is 2.59. The molecule has 0 aliphatic carbocycles. The summed E-state index contributed by atoms with van der Waals surface area (Å²) in [6.07, 6.45) is -0.883. The minimum Gasteiger partial charge on any atom is -0.469 e. The van der Waals surface area contributed by atoms with Gasteiger partial charge in [0.05, 0.1) is 26.7 Å². The van der Waals surface area contributed by atoms with Crippen molar-refractivity contribution < 1.29 is 18.7 Å². The molecular weight excluding hydrogens is 151 g/mol. The topological polar surface area (TPSA) is 35.5 Å². The first-order chi connectivity index (χ1) is 5.24. The van der Waals surface area contributed by atoms with E-state index in [1.54, 1.807) is 0 Å². The van der Waals surface area contributed by atoms with Crippen LogP contribution in [0, 0.1) is 5.92 Å². The minimum absolute atomic E-state index is 0.113. The van der Waals surface area contributed by atoms with Gasteiger partial charge >= 0.3 is 5.97 Å². The number of hydrogen-bond donors (Lipinski definition) is 0. The Hall–Kier alpha value is -0.640. The zero-order valence-corrected chi connectivity index (χ0v) is 6.38. The summed E-state index contributed by atoms with van der Waals surface area (Å²) >= 11 is 0. The number of halogens is 1. The van der Waals surface area contributed by atoms with Gasteiger partial charge in [0.1, 0.15) is 6.17 Å². The predicted octanol–water partition coefficient (Wildman–Crippen LogP) is 0.534. The van der Waals surface area contributed by atoms with Crippen molar-refractivity contribution in [2.75, 3.05) is 20.3 Å². The molecule has 0 aromatic heterocycles. The first-order valence-electron chi connectivity index (χ1n) is 3.52. The third kappa shape index (κ3) is 2.15. The van der Waals surface area contributed by atoms with Gasteiger partial charge in [-0.3, -0.25) is 4.79 Å². The molecule has 0 N–H and O–H groups in total. The van der Waals surface area contributed by atoms with Crippen LogP contribution in [0.1, 0.15) is 6.42 Å². The van der Waals surface area contributed by atoms with E-state index >= 15 is 0 Å². The number of rotatable bonds is 2. The van der Waals surface area contributed by atoms with E-state index in [1.165, 1.54) is 7.11 Å². The maximum atomic E-state index is 12.8. The first kappa shape index (κ1) is 8.46. The van der Waals surface area contributed by atoms with Gasteiger partial charge in [-0.05, 0) is 0 Å². The standard InChI is InChI=1S/C7H11FO3/c1-10-7(9)2-5-3-11-4-6(5)8/h5-6H,2-4H2,1H3/t5-,6-/m1/s1. The van der Waals surface area contributed by atoms with Crippen molar-refractivity contribution in [3.05, 3.63) is 0 Å². The van der Waals surface area contributed by atoms with Crippen LogP contribution in [-0.2, 0) is 14.3 Å². The zero-order valence-electron chi connectivity index (χ0n) is 6.38. The van der Waals surface area contributed by atoms with E-state index in [2.05, 4.69) is 4.74 Å². The third-order valence-corrected chi connectivity index (χ3v) is 1.78. The largest absolute Gasteiger partial charge is 0.469 e. The lowest BCUT2D eigenvalue weighted by Crippen LogP contribution is -2.18. The van der Waals surface area contributed by atoms with E-state index in [-0.39, 0.29) is 24.9 Å². The van der Waals surface area contributed by atoms with Crippen molar-refractivity contribution in [1.29, 1.82) is 0 Å². The second kappa shape index (κ2) is 3.67. The Balaban J connectivity index is 2.30. The molecule has 1 heterocycles. The maximum absolute atomic E-state index is 12.8. The van der Waals surface area contributed by atoms with Gasteiger partial charge in [0, 0.05) is 5.92 Å². The van der Waals surface area contributed by atoms with Crippen LogP contribution in [0.15, 0.2) is 0 Å². The number of methoxy groups -OCH3 is 1. The van der Waals surface area contributed by atoms with Crippen molar-refractivity contribution in [2.45, 2.75) is 12.6 Å². The Morgan fingerprint density at radius 3 is 2.91 bits per heavy atom. The van der Waals surface area contributed by atoms with Gasteiger partial charge in [0.25, 0.3) is 0 Å². The predicted molar refractivity (Wildman–Crippen MR) is 35.8 cm³/mol. The Morgan fingerprint density at radius 1 is 1.73 bits per heavy atom. The number of alkyl halides is 1. The number of carbonyl (C=O) groups is 1. The molecule has 2 atom stereocenters. The molecule has 11 heavy (non-hydrogen) atoms. The monoisotopic (exact) mass is 162 g/mol. The Bertz CT molecular complexity index is 149. The first-order valence-corrected chi connectivity index (χ1v) is 3.52. The summed E-state index contributed by atoms with van der Waals surface area (Å²) in [4.78, 5) is 10.7. The molecule has 1 fully saturated rings. The highest BCUT2D eigenvalue weighted by Crippen LogP contribution is 2.20. The average Bonchev–Trinajstić information content (AvgIpc) is 2.37. The lowest BCUT2D eigenvalue weighted by atomic mass is 10.0. The van der Waals surface area contributed by atoms with E-state index in [0.717, 1.165) is 0 Å². The average molecular weight is 162 g/mol. The molecule has 0 amide bonds. The van der Waals surface area contributed by atoms with Crippen LogP contribution in [0.2, 0.25) is 0 Å². The van der Waals surface area contributed by atoms with Crippen molar-refractivity contribution in [3.63, 3.8) is 0 Å². The van der Waals surface area contributed by atoms with Gasteiger partial charge in [0.2, 0.25) is 0 Å². The second-order valence-corrected chi connectivity index (χ2v) is 2.59. The van der Waals surface area contributed by atoms with E-state index < -0.39 is 6.17 Å². The van der Waals surface area contributed by atoms with Gasteiger partial charge in [-0.1, -0.05) is 0 Å². The fraction of sp³-hybridized carbons (Fsp3) is 0.857. The van der Waals surface area contributed by atoms with Crippen LogP contribution in [-0.4, -0.2) is 32.5 Å². The molecule has 4 heteroatoms. The van der Waals surface area contributed by atoms with Gasteiger partial charge in [-0.15, -0.1) is 0 Å². The van der Waals surface area contributed by atoms with E-state index in [0.29, 0.717) is 6.61 Å². The molecule has 0 aromatic rings. The number of hydrogen-bond acceptors (Lipinski definition) is 3. The van der Waals surface area contributed by atoms with Gasteiger partial charge in [-0.25, -0.2) is 4.39 Å². The van der Waals surface area contributed by atoms with Gasteiger partial charge < -0.3 is 9.47 Å². The Morgan fingerprint density at radius 2 is 2.45 bits per heavy atom. The van der Waals surface area contributed by atoms with Crippen molar-refractivity contribution in [3.8, 4) is 0 Å². The molecule has 1 rings (SSSR count). The summed E-state index contributed by atoms with van der Waals surface area (Å²) in [5.41, 5.74) is 0. The summed E-state index contributed by atoms with van der Waals surface area (Å²) in [7, 11) is 1.30.